The van der Waals surface area contributed by atoms with Gasteiger partial charge in [-0.2, -0.15) is 0 Å². The highest BCUT2D eigenvalue weighted by atomic mass is 35.5. The van der Waals surface area contributed by atoms with E-state index >= 15 is 0 Å². The Balaban J connectivity index is 1.82. The van der Waals surface area contributed by atoms with Crippen LogP contribution in [0.5, 0.6) is 5.75 Å². The van der Waals surface area contributed by atoms with E-state index < -0.39 is 11.3 Å². The zero-order chi connectivity index (χ0) is 26.2. The Morgan fingerprint density at radius 3 is 2.17 bits per heavy atom. The van der Waals surface area contributed by atoms with E-state index in [1.165, 1.54) is 5.56 Å². The normalized spacial score (nSPS) is 11.6. The van der Waals surface area contributed by atoms with Crippen molar-refractivity contribution < 1.29 is 19.1 Å². The summed E-state index contributed by atoms with van der Waals surface area (Å²) >= 11 is 6.18. The van der Waals surface area contributed by atoms with Gasteiger partial charge in [0.25, 0.3) is 0 Å². The number of ether oxygens (including phenoxy) is 1. The molecule has 6 nitrogen and oxygen atoms in total. The Labute approximate surface area is 213 Å². The molecule has 0 bridgehead atoms. The summed E-state index contributed by atoms with van der Waals surface area (Å²) in [6.45, 7) is 12.3. The SMILES string of the molecule is CCC(C)(C)c1ccc(OCCCC(=O)Nc2ccc(Cl)c(NC(=O)CC(=O)C(C)(C)C)c2)cc1. The molecule has 7 heteroatoms. The number of amides is 2. The summed E-state index contributed by atoms with van der Waals surface area (Å²) in [4.78, 5) is 36.7. The summed E-state index contributed by atoms with van der Waals surface area (Å²) in [5.74, 6) is -0.00230. The number of rotatable bonds is 11. The number of benzene rings is 2. The van der Waals surface area contributed by atoms with Gasteiger partial charge in [0, 0.05) is 17.5 Å². The van der Waals surface area contributed by atoms with Gasteiger partial charge in [0.1, 0.15) is 11.5 Å². The highest BCUT2D eigenvalue weighted by molar-refractivity contribution is 6.34. The second-order valence-corrected chi connectivity index (χ2v) is 10.8. The molecule has 2 N–H and O–H groups in total. The third-order valence-corrected chi connectivity index (χ3v) is 6.35. The van der Waals surface area contributed by atoms with Crippen molar-refractivity contribution in [3.8, 4) is 5.75 Å². The van der Waals surface area contributed by atoms with E-state index in [0.29, 0.717) is 29.4 Å². The molecule has 2 amide bonds. The van der Waals surface area contributed by atoms with Crippen molar-refractivity contribution in [2.45, 2.75) is 72.6 Å². The van der Waals surface area contributed by atoms with Crippen LogP contribution in [0.25, 0.3) is 0 Å². The molecular weight excluding hydrogens is 464 g/mol. The molecule has 0 atom stereocenters. The van der Waals surface area contributed by atoms with E-state index in [1.54, 1.807) is 39.0 Å². The smallest absolute Gasteiger partial charge is 0.231 e. The molecule has 0 aliphatic rings. The molecule has 0 aliphatic heterocycles. The number of carbonyl (C=O) groups is 3. The predicted molar refractivity (Wildman–Crippen MR) is 142 cm³/mol. The summed E-state index contributed by atoms with van der Waals surface area (Å²) < 4.78 is 5.77. The molecule has 0 fully saturated rings. The van der Waals surface area contributed by atoms with Crippen LogP contribution in [-0.2, 0) is 19.8 Å². The third kappa shape index (κ3) is 9.02. The quantitative estimate of drug-likeness (QED) is 0.263. The van der Waals surface area contributed by atoms with E-state index in [-0.39, 0.29) is 29.9 Å². The number of anilines is 2. The Kier molecular flexibility index (Phi) is 9.90. The molecule has 2 aromatic rings. The van der Waals surface area contributed by atoms with Gasteiger partial charge in [-0.05, 0) is 54.2 Å². The van der Waals surface area contributed by atoms with Crippen LogP contribution in [0.1, 0.15) is 72.8 Å². The fourth-order valence-corrected chi connectivity index (χ4v) is 3.32. The molecule has 0 aromatic heterocycles. The lowest BCUT2D eigenvalue weighted by atomic mass is 9.82. The minimum atomic E-state index is -0.601. The van der Waals surface area contributed by atoms with Crippen molar-refractivity contribution >= 4 is 40.6 Å². The molecule has 0 heterocycles. The number of nitrogens with one attached hydrogen (secondary N) is 2. The topological polar surface area (TPSA) is 84.5 Å². The van der Waals surface area contributed by atoms with Crippen molar-refractivity contribution in [3.63, 3.8) is 0 Å². The number of hydrogen-bond acceptors (Lipinski definition) is 4. The zero-order valence-corrected chi connectivity index (χ0v) is 22.3. The lowest BCUT2D eigenvalue weighted by Crippen LogP contribution is -2.26. The largest absolute Gasteiger partial charge is 0.494 e. The number of ketones is 1. The first kappa shape index (κ1) is 28.4. The van der Waals surface area contributed by atoms with Crippen LogP contribution in [0, 0.1) is 5.41 Å². The van der Waals surface area contributed by atoms with Crippen LogP contribution in [0.15, 0.2) is 42.5 Å². The molecule has 190 valence electrons. The van der Waals surface area contributed by atoms with E-state index in [9.17, 15) is 14.4 Å². The lowest BCUT2D eigenvalue weighted by molar-refractivity contribution is -0.130. The minimum Gasteiger partial charge on any atom is -0.494 e. The van der Waals surface area contributed by atoms with Gasteiger partial charge in [-0.3, -0.25) is 14.4 Å². The van der Waals surface area contributed by atoms with Gasteiger partial charge in [0.15, 0.2) is 0 Å². The maximum Gasteiger partial charge on any atom is 0.231 e. The minimum absolute atomic E-state index is 0.130. The second-order valence-electron chi connectivity index (χ2n) is 10.4. The van der Waals surface area contributed by atoms with Gasteiger partial charge in [-0.1, -0.05) is 65.3 Å². The van der Waals surface area contributed by atoms with Crippen molar-refractivity contribution in [1.29, 1.82) is 0 Å². The number of carbonyl (C=O) groups excluding carboxylic acids is 3. The summed E-state index contributed by atoms with van der Waals surface area (Å²) in [7, 11) is 0. The Hall–Kier alpha value is -2.86. The van der Waals surface area contributed by atoms with Crippen LogP contribution in [0.4, 0.5) is 11.4 Å². The Bertz CT molecular complexity index is 1040. The van der Waals surface area contributed by atoms with Crippen LogP contribution in [-0.4, -0.2) is 24.2 Å². The average Bonchev–Trinajstić information content (AvgIpc) is 2.78. The van der Waals surface area contributed by atoms with Gasteiger partial charge < -0.3 is 15.4 Å². The fourth-order valence-electron chi connectivity index (χ4n) is 3.16. The van der Waals surface area contributed by atoms with Crippen molar-refractivity contribution in [1.82, 2.24) is 0 Å². The van der Waals surface area contributed by atoms with Crippen LogP contribution in [0.3, 0.4) is 0 Å². The predicted octanol–water partition coefficient (Wildman–Crippen LogP) is 6.77. The summed E-state index contributed by atoms with van der Waals surface area (Å²) in [6, 6.07) is 12.9. The Morgan fingerprint density at radius 2 is 1.57 bits per heavy atom. The zero-order valence-electron chi connectivity index (χ0n) is 21.6. The van der Waals surface area contributed by atoms with Gasteiger partial charge in [0.05, 0.1) is 23.7 Å². The van der Waals surface area contributed by atoms with Crippen molar-refractivity contribution in [3.05, 3.63) is 53.1 Å². The molecule has 2 rings (SSSR count). The monoisotopic (exact) mass is 500 g/mol. The summed E-state index contributed by atoms with van der Waals surface area (Å²) in [5, 5.41) is 5.78. The molecule has 0 aliphatic carbocycles. The van der Waals surface area contributed by atoms with E-state index in [2.05, 4.69) is 43.5 Å². The maximum absolute atomic E-state index is 12.4. The third-order valence-electron chi connectivity index (χ3n) is 6.02. The molecule has 35 heavy (non-hydrogen) atoms. The van der Waals surface area contributed by atoms with Crippen LogP contribution < -0.4 is 15.4 Å². The Morgan fingerprint density at radius 1 is 0.914 bits per heavy atom. The molecule has 0 saturated heterocycles. The number of Topliss-reactive ketones (excluding diaryl/α,β-unsaturated/α-hetero) is 1. The average molecular weight is 501 g/mol. The van der Waals surface area contributed by atoms with Crippen LogP contribution in [0.2, 0.25) is 5.02 Å². The second kappa shape index (κ2) is 12.2. The first-order valence-electron chi connectivity index (χ1n) is 12.0. The number of hydrogen-bond donors (Lipinski definition) is 2. The number of halogens is 1. The lowest BCUT2D eigenvalue weighted by Gasteiger charge is -2.23. The maximum atomic E-state index is 12.4. The first-order chi connectivity index (χ1) is 16.3. The van der Waals surface area contributed by atoms with Crippen LogP contribution >= 0.6 is 11.6 Å². The summed E-state index contributed by atoms with van der Waals surface area (Å²) in [5.41, 5.74) is 1.65. The van der Waals surface area contributed by atoms with Crippen molar-refractivity contribution in [2.24, 2.45) is 5.41 Å². The molecular formula is C28H37ClN2O4. The molecule has 2 aromatic carbocycles. The first-order valence-corrected chi connectivity index (χ1v) is 12.4. The fraction of sp³-hybridized carbons (Fsp3) is 0.464. The molecule has 0 unspecified atom stereocenters. The van der Waals surface area contributed by atoms with Crippen molar-refractivity contribution in [2.75, 3.05) is 17.2 Å². The van der Waals surface area contributed by atoms with Gasteiger partial charge in [-0.25, -0.2) is 0 Å². The van der Waals surface area contributed by atoms with Gasteiger partial charge in [-0.15, -0.1) is 0 Å². The van der Waals surface area contributed by atoms with E-state index in [0.717, 1.165) is 12.2 Å². The molecule has 0 spiro atoms. The highest BCUT2D eigenvalue weighted by Gasteiger charge is 2.24. The van der Waals surface area contributed by atoms with Gasteiger partial charge in [0.2, 0.25) is 11.8 Å². The standard InChI is InChI=1S/C28H37ClN2O4/c1-7-28(5,6)19-10-13-21(14-11-19)35-16-8-9-25(33)30-20-12-15-22(29)23(17-20)31-26(34)18-24(32)27(2,3)4/h10-15,17H,7-9,16,18H2,1-6H3,(H,30,33)(H,31,34). The van der Waals surface area contributed by atoms with E-state index in [1.807, 2.05) is 12.1 Å². The highest BCUT2D eigenvalue weighted by Crippen LogP contribution is 2.28. The molecule has 0 radical (unpaired) electrons. The molecule has 0 saturated carbocycles. The summed E-state index contributed by atoms with van der Waals surface area (Å²) in [6.07, 6.45) is 1.65. The van der Waals surface area contributed by atoms with Gasteiger partial charge >= 0.3 is 0 Å². The van der Waals surface area contributed by atoms with E-state index in [4.69, 9.17) is 16.3 Å².